The van der Waals surface area contributed by atoms with Gasteiger partial charge in [-0.05, 0) is 12.8 Å². The van der Waals surface area contributed by atoms with Crippen LogP contribution in [0, 0.1) is 5.92 Å². The fourth-order valence-corrected chi connectivity index (χ4v) is 1.33. The van der Waals surface area contributed by atoms with Crippen molar-refractivity contribution in [3.8, 4) is 0 Å². The fourth-order valence-electron chi connectivity index (χ4n) is 1.33. The standard InChI is InChI=1S/C7H12N2O2/c8-7(11)6-2-1-3-9(4-6)5-10/h5-6H,1-4H2,(H2,8,11). The molecule has 0 radical (unpaired) electrons. The van der Waals surface area contributed by atoms with Crippen LogP contribution >= 0.6 is 0 Å². The van der Waals surface area contributed by atoms with Crippen LogP contribution in [0.3, 0.4) is 0 Å². The van der Waals surface area contributed by atoms with Gasteiger partial charge in [0.15, 0.2) is 0 Å². The van der Waals surface area contributed by atoms with Crippen molar-refractivity contribution in [3.63, 3.8) is 0 Å². The zero-order chi connectivity index (χ0) is 8.27. The Balaban J connectivity index is 2.45. The predicted octanol–water partition coefficient (Wildman–Crippen LogP) is -0.660. The number of piperidine rings is 1. The Bertz CT molecular complexity index is 170. The van der Waals surface area contributed by atoms with Gasteiger partial charge in [0.25, 0.3) is 0 Å². The predicted molar refractivity (Wildman–Crippen MR) is 39.6 cm³/mol. The van der Waals surface area contributed by atoms with E-state index >= 15 is 0 Å². The lowest BCUT2D eigenvalue weighted by atomic mass is 9.98. The second-order valence-corrected chi connectivity index (χ2v) is 2.84. The monoisotopic (exact) mass is 156 g/mol. The average molecular weight is 156 g/mol. The van der Waals surface area contributed by atoms with Crippen molar-refractivity contribution in [1.29, 1.82) is 0 Å². The third-order valence-corrected chi connectivity index (χ3v) is 2.00. The Kier molecular flexibility index (Phi) is 2.46. The van der Waals surface area contributed by atoms with Crippen LogP contribution in [0.2, 0.25) is 0 Å². The molecule has 1 aliphatic heterocycles. The maximum Gasteiger partial charge on any atom is 0.222 e. The first-order valence-electron chi connectivity index (χ1n) is 3.72. The topological polar surface area (TPSA) is 63.4 Å². The summed E-state index contributed by atoms with van der Waals surface area (Å²) < 4.78 is 0. The molecule has 11 heavy (non-hydrogen) atoms. The number of carbonyl (C=O) groups excluding carboxylic acids is 2. The first-order valence-corrected chi connectivity index (χ1v) is 3.72. The van der Waals surface area contributed by atoms with Gasteiger partial charge in [0.05, 0.1) is 5.92 Å². The van der Waals surface area contributed by atoms with E-state index in [-0.39, 0.29) is 11.8 Å². The molecule has 1 fully saturated rings. The number of hydrogen-bond donors (Lipinski definition) is 1. The molecule has 1 unspecified atom stereocenters. The van der Waals surface area contributed by atoms with Gasteiger partial charge < -0.3 is 10.6 Å². The van der Waals surface area contributed by atoms with Crippen LogP contribution in [0.1, 0.15) is 12.8 Å². The van der Waals surface area contributed by atoms with Crippen molar-refractivity contribution in [1.82, 2.24) is 4.90 Å². The van der Waals surface area contributed by atoms with Crippen molar-refractivity contribution in [2.45, 2.75) is 12.8 Å². The second-order valence-electron chi connectivity index (χ2n) is 2.84. The molecule has 1 atom stereocenters. The molecular weight excluding hydrogens is 144 g/mol. The summed E-state index contributed by atoms with van der Waals surface area (Å²) in [6, 6.07) is 0. The van der Waals surface area contributed by atoms with E-state index in [1.165, 1.54) is 0 Å². The second kappa shape index (κ2) is 3.37. The quantitative estimate of drug-likeness (QED) is 0.539. The van der Waals surface area contributed by atoms with Crippen LogP contribution in [0.4, 0.5) is 0 Å². The van der Waals surface area contributed by atoms with E-state index in [9.17, 15) is 9.59 Å². The first kappa shape index (κ1) is 8.04. The van der Waals surface area contributed by atoms with Crippen molar-refractivity contribution in [2.75, 3.05) is 13.1 Å². The van der Waals surface area contributed by atoms with Gasteiger partial charge in [-0.2, -0.15) is 0 Å². The van der Waals surface area contributed by atoms with Crippen LogP contribution in [0.5, 0.6) is 0 Å². The van der Waals surface area contributed by atoms with Crippen LogP contribution in [-0.2, 0) is 9.59 Å². The molecule has 0 bridgehead atoms. The molecule has 2 amide bonds. The summed E-state index contributed by atoms with van der Waals surface area (Å²) in [6.45, 7) is 1.26. The molecule has 0 aliphatic carbocycles. The van der Waals surface area contributed by atoms with E-state index in [0.29, 0.717) is 6.54 Å². The number of hydrogen-bond acceptors (Lipinski definition) is 2. The highest BCUT2D eigenvalue weighted by Crippen LogP contribution is 2.13. The molecule has 0 spiro atoms. The molecule has 1 aliphatic rings. The largest absolute Gasteiger partial charge is 0.369 e. The van der Waals surface area contributed by atoms with Gasteiger partial charge in [-0.15, -0.1) is 0 Å². The van der Waals surface area contributed by atoms with Gasteiger partial charge in [0.1, 0.15) is 0 Å². The fraction of sp³-hybridized carbons (Fsp3) is 0.714. The van der Waals surface area contributed by atoms with E-state index in [1.54, 1.807) is 4.90 Å². The Hall–Kier alpha value is -1.06. The summed E-state index contributed by atoms with van der Waals surface area (Å²) in [5.41, 5.74) is 5.10. The number of amides is 2. The molecule has 2 N–H and O–H groups in total. The number of likely N-dealkylation sites (tertiary alicyclic amines) is 1. The highest BCUT2D eigenvalue weighted by molar-refractivity contribution is 5.77. The Morgan fingerprint density at radius 3 is 2.91 bits per heavy atom. The summed E-state index contributed by atoms with van der Waals surface area (Å²) in [5, 5.41) is 0. The maximum absolute atomic E-state index is 10.7. The highest BCUT2D eigenvalue weighted by Gasteiger charge is 2.22. The third kappa shape index (κ3) is 1.93. The number of nitrogens with two attached hydrogens (primary N) is 1. The number of nitrogens with zero attached hydrogens (tertiary/aromatic N) is 1. The normalized spacial score (nSPS) is 24.7. The molecule has 0 aromatic heterocycles. The maximum atomic E-state index is 10.7. The van der Waals surface area contributed by atoms with E-state index in [2.05, 4.69) is 0 Å². The van der Waals surface area contributed by atoms with Gasteiger partial charge in [-0.3, -0.25) is 9.59 Å². The minimum absolute atomic E-state index is 0.131. The zero-order valence-corrected chi connectivity index (χ0v) is 6.32. The van der Waals surface area contributed by atoms with Gasteiger partial charge in [-0.1, -0.05) is 0 Å². The minimum Gasteiger partial charge on any atom is -0.369 e. The summed E-state index contributed by atoms with van der Waals surface area (Å²) >= 11 is 0. The molecule has 1 heterocycles. The number of carbonyl (C=O) groups is 2. The molecule has 4 heteroatoms. The summed E-state index contributed by atoms with van der Waals surface area (Å²) in [7, 11) is 0. The van der Waals surface area contributed by atoms with Gasteiger partial charge in [0.2, 0.25) is 12.3 Å². The zero-order valence-electron chi connectivity index (χ0n) is 6.32. The lowest BCUT2D eigenvalue weighted by Crippen LogP contribution is -2.40. The van der Waals surface area contributed by atoms with Crippen molar-refractivity contribution >= 4 is 12.3 Å². The molecule has 62 valence electrons. The summed E-state index contributed by atoms with van der Waals surface area (Å²) in [6.07, 6.45) is 2.47. The first-order chi connectivity index (χ1) is 5.24. The Morgan fingerprint density at radius 1 is 1.64 bits per heavy atom. The molecule has 0 aromatic carbocycles. The summed E-state index contributed by atoms with van der Waals surface area (Å²) in [4.78, 5) is 22.6. The lowest BCUT2D eigenvalue weighted by Gasteiger charge is -2.27. The van der Waals surface area contributed by atoms with Crippen molar-refractivity contribution < 1.29 is 9.59 Å². The molecule has 1 rings (SSSR count). The minimum atomic E-state index is -0.295. The third-order valence-electron chi connectivity index (χ3n) is 2.00. The van der Waals surface area contributed by atoms with E-state index in [0.717, 1.165) is 25.8 Å². The van der Waals surface area contributed by atoms with Gasteiger partial charge in [-0.25, -0.2) is 0 Å². The molecular formula is C7H12N2O2. The van der Waals surface area contributed by atoms with E-state index in [4.69, 9.17) is 5.73 Å². The van der Waals surface area contributed by atoms with Gasteiger partial charge in [0, 0.05) is 13.1 Å². The smallest absolute Gasteiger partial charge is 0.222 e. The number of rotatable bonds is 2. The van der Waals surface area contributed by atoms with Crippen molar-refractivity contribution in [3.05, 3.63) is 0 Å². The Labute approximate surface area is 65.3 Å². The van der Waals surface area contributed by atoms with Crippen LogP contribution < -0.4 is 5.73 Å². The van der Waals surface area contributed by atoms with E-state index in [1.807, 2.05) is 0 Å². The van der Waals surface area contributed by atoms with Gasteiger partial charge >= 0.3 is 0 Å². The Morgan fingerprint density at radius 2 is 2.36 bits per heavy atom. The average Bonchev–Trinajstić information content (AvgIpc) is 2.05. The van der Waals surface area contributed by atoms with Crippen LogP contribution in [0.15, 0.2) is 0 Å². The summed E-state index contributed by atoms with van der Waals surface area (Å²) in [5.74, 6) is -0.425. The molecule has 0 saturated carbocycles. The van der Waals surface area contributed by atoms with Crippen LogP contribution in [0.25, 0.3) is 0 Å². The highest BCUT2D eigenvalue weighted by atomic mass is 16.1. The number of primary amides is 1. The lowest BCUT2D eigenvalue weighted by molar-refractivity contribution is -0.126. The molecule has 4 nitrogen and oxygen atoms in total. The SMILES string of the molecule is NC(=O)C1CCCN(C=O)C1. The molecule has 1 saturated heterocycles. The van der Waals surface area contributed by atoms with E-state index < -0.39 is 0 Å². The molecule has 0 aromatic rings. The van der Waals surface area contributed by atoms with Crippen LogP contribution in [-0.4, -0.2) is 30.3 Å². The van der Waals surface area contributed by atoms with Crippen molar-refractivity contribution in [2.24, 2.45) is 11.7 Å².